The summed E-state index contributed by atoms with van der Waals surface area (Å²) in [4.78, 5) is 48.3. The molecule has 266 valence electrons. The quantitative estimate of drug-likeness (QED) is 0.0465. The number of fused-ring (bicyclic) bond motifs is 1. The van der Waals surface area contributed by atoms with E-state index in [4.69, 9.17) is 31.0 Å². The van der Waals surface area contributed by atoms with Crippen LogP contribution in [-0.2, 0) is 40.3 Å². The van der Waals surface area contributed by atoms with Crippen LogP contribution in [0.25, 0.3) is 0 Å². The lowest BCUT2D eigenvalue weighted by Crippen LogP contribution is -2.76. The Morgan fingerprint density at radius 2 is 2.04 bits per heavy atom. The number of nitrogens with zero attached hydrogens (tertiary/aromatic N) is 3. The van der Waals surface area contributed by atoms with Crippen LogP contribution in [-0.4, -0.2) is 92.8 Å². The van der Waals surface area contributed by atoms with Crippen LogP contribution in [0.1, 0.15) is 69.7 Å². The van der Waals surface area contributed by atoms with E-state index >= 15 is 0 Å². The number of aliphatic carboxylic acids is 1. The van der Waals surface area contributed by atoms with E-state index in [0.29, 0.717) is 29.3 Å². The molecule has 49 heavy (non-hydrogen) atoms. The average molecular weight is 723 g/mol. The highest BCUT2D eigenvalue weighted by Gasteiger charge is 2.58. The van der Waals surface area contributed by atoms with Crippen molar-refractivity contribution in [1.29, 1.82) is 5.41 Å². The van der Waals surface area contributed by atoms with E-state index in [1.165, 1.54) is 26.2 Å². The molecule has 3 unspecified atom stereocenters. The molecule has 1 saturated heterocycles. The Balaban J connectivity index is 1.33. The number of carbonyl (C=O) groups excluding carboxylic acids is 2. The van der Waals surface area contributed by atoms with Gasteiger partial charge in [-0.05, 0) is 89.6 Å². The summed E-state index contributed by atoms with van der Waals surface area (Å²) < 4.78 is 41.7. The van der Waals surface area contributed by atoms with Crippen LogP contribution in [0.5, 0.6) is 5.75 Å². The number of nitrogen functional groups attached to an aromatic ring is 1. The number of hydrogen-bond acceptors (Lipinski definition) is 14. The summed E-state index contributed by atoms with van der Waals surface area (Å²) >= 11 is 0.964. The zero-order chi connectivity index (χ0) is 35.9. The van der Waals surface area contributed by atoms with Gasteiger partial charge in [0.05, 0.1) is 5.54 Å². The highest BCUT2D eigenvalue weighted by Crippen LogP contribution is 2.40. The second kappa shape index (κ2) is 13.2. The molecule has 20 heteroatoms. The van der Waals surface area contributed by atoms with Crippen molar-refractivity contribution in [2.75, 3.05) is 12.3 Å². The molecule has 2 aliphatic heterocycles. The van der Waals surface area contributed by atoms with Gasteiger partial charge in [0, 0.05) is 16.5 Å². The van der Waals surface area contributed by atoms with E-state index in [-0.39, 0.29) is 28.6 Å². The van der Waals surface area contributed by atoms with Gasteiger partial charge in [-0.2, -0.15) is 13.5 Å². The number of carboxylic acid groups (broad SMARTS) is 1. The van der Waals surface area contributed by atoms with Crippen molar-refractivity contribution in [2.24, 2.45) is 10.9 Å². The Morgan fingerprint density at radius 1 is 1.33 bits per heavy atom. The third kappa shape index (κ3) is 7.47. The van der Waals surface area contributed by atoms with Gasteiger partial charge in [0.2, 0.25) is 0 Å². The molecule has 1 aromatic carbocycles. The van der Waals surface area contributed by atoms with Crippen LogP contribution in [0, 0.1) is 5.41 Å². The topological polar surface area (TPSA) is 282 Å². The highest BCUT2D eigenvalue weighted by atomic mass is 32.3. The average Bonchev–Trinajstić information content (AvgIpc) is 3.67. The highest BCUT2D eigenvalue weighted by molar-refractivity contribution is 7.80. The van der Waals surface area contributed by atoms with E-state index in [1.807, 2.05) is 6.07 Å². The molecule has 9 N–H and O–H groups in total. The van der Waals surface area contributed by atoms with Gasteiger partial charge in [0.15, 0.2) is 16.9 Å². The van der Waals surface area contributed by atoms with Gasteiger partial charge in [-0.25, -0.2) is 9.78 Å². The van der Waals surface area contributed by atoms with Gasteiger partial charge >= 0.3 is 16.4 Å². The number of hydroxylamine groups is 2. The Kier molecular flexibility index (Phi) is 9.65. The first kappa shape index (κ1) is 35.9. The number of hydrogen-bond donors (Lipinski definition) is 7. The zero-order valence-corrected chi connectivity index (χ0v) is 28.5. The summed E-state index contributed by atoms with van der Waals surface area (Å²) in [5.41, 5.74) is 8.60. The van der Waals surface area contributed by atoms with Crippen molar-refractivity contribution in [1.82, 2.24) is 20.7 Å². The van der Waals surface area contributed by atoms with Crippen LogP contribution in [0.2, 0.25) is 0 Å². The van der Waals surface area contributed by atoms with Gasteiger partial charge in [0.1, 0.15) is 23.3 Å². The minimum Gasteiger partial charge on any atom is -0.485 e. The maximum Gasteiger partial charge on any atom is 0.418 e. The van der Waals surface area contributed by atoms with Crippen molar-refractivity contribution in [3.05, 3.63) is 40.4 Å². The lowest BCUT2D eigenvalue weighted by Gasteiger charge is -2.50. The molecule has 2 aromatic rings. The third-order valence-corrected chi connectivity index (χ3v) is 9.88. The maximum absolute atomic E-state index is 13.5. The summed E-state index contributed by atoms with van der Waals surface area (Å²) in [7, 11) is -5.03. The summed E-state index contributed by atoms with van der Waals surface area (Å²) in [6, 6.07) is 3.88. The molecular formula is C29H38N8O10S2. The van der Waals surface area contributed by atoms with Crippen LogP contribution >= 0.6 is 11.3 Å². The van der Waals surface area contributed by atoms with Crippen LogP contribution in [0.3, 0.4) is 0 Å². The smallest absolute Gasteiger partial charge is 0.418 e. The van der Waals surface area contributed by atoms with Crippen molar-refractivity contribution in [2.45, 2.75) is 88.1 Å². The second-order valence-electron chi connectivity index (χ2n) is 12.8. The predicted octanol–water partition coefficient (Wildman–Crippen LogP) is 0.710. The zero-order valence-electron chi connectivity index (χ0n) is 26.9. The number of nitrogens with two attached hydrogens (primary N) is 2. The fourth-order valence-corrected chi connectivity index (χ4v) is 6.70. The number of ether oxygens (including phenoxy) is 1. The normalized spacial score (nSPS) is 22.1. The second-order valence-corrected chi connectivity index (χ2v) is 14.7. The lowest BCUT2D eigenvalue weighted by molar-refractivity contribution is -0.218. The summed E-state index contributed by atoms with van der Waals surface area (Å²) in [5, 5.41) is 30.3. The third-order valence-electron chi connectivity index (χ3n) is 8.86. The van der Waals surface area contributed by atoms with Gasteiger partial charge in [0.25, 0.3) is 17.4 Å². The lowest BCUT2D eigenvalue weighted by atomic mass is 9.84. The Labute approximate surface area is 285 Å². The minimum atomic E-state index is -5.03. The molecule has 3 heterocycles. The molecule has 0 bridgehead atoms. The van der Waals surface area contributed by atoms with Crippen molar-refractivity contribution in [3.8, 4) is 5.75 Å². The fourth-order valence-electron chi connectivity index (χ4n) is 5.69. The number of oxime groups is 1. The number of rotatable bonds is 14. The van der Waals surface area contributed by atoms with Gasteiger partial charge in [-0.1, -0.05) is 5.16 Å². The van der Waals surface area contributed by atoms with E-state index in [0.717, 1.165) is 42.6 Å². The molecule has 3 atom stereocenters. The molecule has 1 saturated carbocycles. The number of anilines is 1. The summed E-state index contributed by atoms with van der Waals surface area (Å²) in [6.07, 6.45) is 3.22. The first-order valence-corrected chi connectivity index (χ1v) is 17.5. The van der Waals surface area contributed by atoms with Gasteiger partial charge in [-0.3, -0.25) is 19.6 Å². The Hall–Kier alpha value is -4.37. The van der Waals surface area contributed by atoms with E-state index in [1.54, 1.807) is 12.1 Å². The van der Waals surface area contributed by atoms with Gasteiger partial charge < -0.3 is 36.8 Å². The minimum absolute atomic E-state index is 0.0574. The van der Waals surface area contributed by atoms with E-state index in [2.05, 4.69) is 25.1 Å². The molecule has 3 aliphatic rings. The van der Waals surface area contributed by atoms with Crippen molar-refractivity contribution in [3.63, 3.8) is 0 Å². The Morgan fingerprint density at radius 3 is 2.61 bits per heavy atom. The molecule has 18 nitrogen and oxygen atoms in total. The van der Waals surface area contributed by atoms with Crippen molar-refractivity contribution >= 4 is 56.2 Å². The molecule has 2 fully saturated rings. The maximum atomic E-state index is 13.5. The number of nitrogens with one attached hydrogen (secondary N) is 3. The summed E-state index contributed by atoms with van der Waals surface area (Å²) in [5.74, 6) is -2.77. The number of benzene rings is 1. The molecule has 0 radical (unpaired) electrons. The van der Waals surface area contributed by atoms with Crippen LogP contribution < -0.4 is 26.8 Å². The number of aromatic nitrogens is 1. The van der Waals surface area contributed by atoms with Crippen LogP contribution in [0.15, 0.2) is 28.7 Å². The fraction of sp³-hybridized carbons (Fsp3) is 0.517. The number of aryl methyl sites for hydroxylation is 1. The number of thiazole rings is 1. The number of carboxylic acids is 1. The molecule has 1 aromatic heterocycles. The Bertz CT molecular complexity index is 1810. The largest absolute Gasteiger partial charge is 0.485 e. The predicted molar refractivity (Wildman–Crippen MR) is 175 cm³/mol. The molecule has 2 amide bonds. The number of amides is 2. The van der Waals surface area contributed by atoms with E-state index in [9.17, 15) is 27.9 Å². The summed E-state index contributed by atoms with van der Waals surface area (Å²) in [6.45, 7) is 4.57. The molecule has 1 aliphatic carbocycles. The molecule has 5 rings (SSSR count). The number of β-lactam (4-membered cyclic amide) rings is 1. The number of carbonyl (C=O) groups is 3. The standard InChI is InChI=1S/C29H38N8O10S2/c1-27(2)21(24(39)37(27)47-49(42,43)44)34-23(38)20(17-14-48-26(32)33-17)36-46-28(3,25(40)41)19-8-6-15-13-16(5-7-18(15)45-19)22(31)35-29(10-11-29)9-4-12-30/h5,7,13-14,19,21H,4,6,8-12,30H2,1-3H3,(H2,31,35)(H2,32,33)(H,34,38)(H,40,41)(H,42,43,44). The van der Waals surface area contributed by atoms with Crippen molar-refractivity contribution < 1.29 is 46.3 Å². The van der Waals surface area contributed by atoms with Crippen LogP contribution in [0.4, 0.5) is 5.13 Å². The van der Waals surface area contributed by atoms with Gasteiger partial charge in [-0.15, -0.1) is 15.6 Å². The van der Waals surface area contributed by atoms with E-state index < -0.39 is 57.2 Å². The SMILES string of the molecule is CC(ON=C(C(=O)NC1C(=O)N(OS(=O)(=O)O)C1(C)C)c1csc(N)n1)(C(=O)O)C1CCc2cc(C(=N)NC3(CCCN)CC3)ccc2O1. The molecule has 0 spiro atoms. The first-order valence-electron chi connectivity index (χ1n) is 15.3. The molecular weight excluding hydrogens is 684 g/mol. The number of amidine groups is 1. The monoisotopic (exact) mass is 722 g/mol. The first-order chi connectivity index (χ1) is 22.9.